The van der Waals surface area contributed by atoms with Crippen molar-refractivity contribution in [3.8, 4) is 11.3 Å². The molecule has 2 heterocycles. The third-order valence-electron chi connectivity index (χ3n) is 4.74. The number of benzene rings is 1. The van der Waals surface area contributed by atoms with E-state index in [4.69, 9.17) is 5.73 Å². The van der Waals surface area contributed by atoms with E-state index in [1.54, 1.807) is 0 Å². The Bertz CT molecular complexity index is 630. The van der Waals surface area contributed by atoms with Crippen molar-refractivity contribution in [2.45, 2.75) is 19.8 Å². The van der Waals surface area contributed by atoms with Gasteiger partial charge in [-0.3, -0.25) is 0 Å². The van der Waals surface area contributed by atoms with Gasteiger partial charge in [-0.15, -0.1) is 0 Å². The summed E-state index contributed by atoms with van der Waals surface area (Å²) in [6, 6.07) is 14.5. The molecule has 4 nitrogen and oxygen atoms in total. The van der Waals surface area contributed by atoms with Crippen LogP contribution in [-0.2, 0) is 6.42 Å². The zero-order valence-corrected chi connectivity index (χ0v) is 14.6. The Morgan fingerprint density at radius 2 is 1.58 bits per heavy atom. The maximum Gasteiger partial charge on any atom is 0.124 e. The number of nitrogens with two attached hydrogens (primary N) is 1. The minimum absolute atomic E-state index is 0.568. The van der Waals surface area contributed by atoms with Crippen molar-refractivity contribution in [2.75, 3.05) is 45.0 Å². The number of hydrogen-bond acceptors (Lipinski definition) is 4. The molecule has 0 radical (unpaired) electrons. The third-order valence-corrected chi connectivity index (χ3v) is 4.74. The number of nitrogen functional groups attached to an aromatic ring is 1. The van der Waals surface area contributed by atoms with E-state index in [9.17, 15) is 0 Å². The molecule has 1 aliphatic heterocycles. The highest BCUT2D eigenvalue weighted by Crippen LogP contribution is 2.19. The second kappa shape index (κ2) is 8.27. The van der Waals surface area contributed by atoms with E-state index >= 15 is 0 Å². The van der Waals surface area contributed by atoms with E-state index in [1.165, 1.54) is 44.7 Å². The zero-order chi connectivity index (χ0) is 16.8. The van der Waals surface area contributed by atoms with Gasteiger partial charge in [0.2, 0.25) is 0 Å². The van der Waals surface area contributed by atoms with Gasteiger partial charge in [-0.05, 0) is 37.1 Å². The number of nitrogens with zero attached hydrogens (tertiary/aromatic N) is 3. The average molecular weight is 324 g/mol. The summed E-state index contributed by atoms with van der Waals surface area (Å²) in [5, 5.41) is 0. The maximum atomic E-state index is 5.76. The van der Waals surface area contributed by atoms with Crippen LogP contribution in [0.1, 0.15) is 18.9 Å². The quantitative estimate of drug-likeness (QED) is 0.887. The average Bonchev–Trinajstić information content (AvgIpc) is 2.62. The molecule has 1 aliphatic rings. The number of aromatic nitrogens is 1. The van der Waals surface area contributed by atoms with Crippen molar-refractivity contribution in [1.82, 2.24) is 14.8 Å². The highest BCUT2D eigenvalue weighted by molar-refractivity contribution is 5.61. The fourth-order valence-corrected chi connectivity index (χ4v) is 3.29. The molecule has 0 atom stereocenters. The maximum absolute atomic E-state index is 5.76. The monoisotopic (exact) mass is 324 g/mol. The van der Waals surface area contributed by atoms with Gasteiger partial charge < -0.3 is 15.5 Å². The molecule has 1 aromatic carbocycles. The molecule has 0 saturated carbocycles. The van der Waals surface area contributed by atoms with Crippen molar-refractivity contribution in [3.05, 3.63) is 48.0 Å². The van der Waals surface area contributed by atoms with Crippen molar-refractivity contribution >= 4 is 5.82 Å². The predicted molar refractivity (Wildman–Crippen MR) is 101 cm³/mol. The number of hydrogen-bond donors (Lipinski definition) is 1. The lowest BCUT2D eigenvalue weighted by molar-refractivity contribution is 0.133. The Balaban J connectivity index is 1.50. The lowest BCUT2D eigenvalue weighted by atomic mass is 10.1. The Labute approximate surface area is 145 Å². The summed E-state index contributed by atoms with van der Waals surface area (Å²) in [5.74, 6) is 0.568. The first-order chi connectivity index (χ1) is 11.7. The predicted octanol–water partition coefficient (Wildman–Crippen LogP) is 2.90. The van der Waals surface area contributed by atoms with Crippen molar-refractivity contribution < 1.29 is 0 Å². The molecule has 1 aromatic heterocycles. The van der Waals surface area contributed by atoms with Crippen LogP contribution in [0.3, 0.4) is 0 Å². The molecule has 0 unspecified atom stereocenters. The molecule has 0 aliphatic carbocycles. The summed E-state index contributed by atoms with van der Waals surface area (Å²) < 4.78 is 0. The molecular formula is C20H28N4. The van der Waals surface area contributed by atoms with Gasteiger partial charge in [0, 0.05) is 38.3 Å². The molecule has 4 heteroatoms. The highest BCUT2D eigenvalue weighted by atomic mass is 15.3. The van der Waals surface area contributed by atoms with Crippen LogP contribution in [0.15, 0.2) is 42.5 Å². The van der Waals surface area contributed by atoms with Crippen LogP contribution in [0.2, 0.25) is 0 Å². The third kappa shape index (κ3) is 4.56. The van der Waals surface area contributed by atoms with Gasteiger partial charge in [-0.25, -0.2) is 4.98 Å². The number of piperazine rings is 1. The summed E-state index contributed by atoms with van der Waals surface area (Å²) in [7, 11) is 0. The molecule has 2 aromatic rings. The van der Waals surface area contributed by atoms with Gasteiger partial charge >= 0.3 is 0 Å². The second-order valence-corrected chi connectivity index (χ2v) is 6.58. The number of anilines is 1. The van der Waals surface area contributed by atoms with Crippen LogP contribution in [0.5, 0.6) is 0 Å². The van der Waals surface area contributed by atoms with Gasteiger partial charge in [0.1, 0.15) is 5.82 Å². The van der Waals surface area contributed by atoms with Gasteiger partial charge in [0.05, 0.1) is 5.69 Å². The summed E-state index contributed by atoms with van der Waals surface area (Å²) >= 11 is 0. The lowest BCUT2D eigenvalue weighted by Gasteiger charge is -2.34. The van der Waals surface area contributed by atoms with Crippen LogP contribution in [0, 0.1) is 0 Å². The molecule has 1 fully saturated rings. The number of pyridine rings is 1. The van der Waals surface area contributed by atoms with E-state index in [2.05, 4.69) is 46.0 Å². The van der Waals surface area contributed by atoms with Crippen molar-refractivity contribution in [3.63, 3.8) is 0 Å². The van der Waals surface area contributed by atoms with Crippen LogP contribution in [0.25, 0.3) is 11.3 Å². The smallest absolute Gasteiger partial charge is 0.124 e. The molecule has 3 rings (SSSR count). The van der Waals surface area contributed by atoms with Gasteiger partial charge in [-0.2, -0.15) is 0 Å². The van der Waals surface area contributed by atoms with E-state index in [0.29, 0.717) is 5.82 Å². The van der Waals surface area contributed by atoms with Crippen LogP contribution in [-0.4, -0.2) is 54.1 Å². The van der Waals surface area contributed by atoms with Crippen LogP contribution in [0.4, 0.5) is 5.82 Å². The van der Waals surface area contributed by atoms with Crippen molar-refractivity contribution in [2.24, 2.45) is 0 Å². The lowest BCUT2D eigenvalue weighted by Crippen LogP contribution is -2.46. The molecule has 128 valence electrons. The van der Waals surface area contributed by atoms with E-state index < -0.39 is 0 Å². The molecule has 0 amide bonds. The van der Waals surface area contributed by atoms with Gasteiger partial charge in [0.15, 0.2) is 0 Å². The molecule has 0 bridgehead atoms. The summed E-state index contributed by atoms with van der Waals surface area (Å²) in [6.07, 6.45) is 2.37. The summed E-state index contributed by atoms with van der Waals surface area (Å²) in [6.45, 7) is 9.48. The van der Waals surface area contributed by atoms with Crippen LogP contribution < -0.4 is 5.73 Å². The first-order valence-corrected chi connectivity index (χ1v) is 9.01. The van der Waals surface area contributed by atoms with E-state index in [1.807, 2.05) is 18.2 Å². The SMILES string of the molecule is CCCN1CCN(CCc2ccc(-c3cccc(N)n3)cc2)CC1. The van der Waals surface area contributed by atoms with Gasteiger partial charge in [-0.1, -0.05) is 37.3 Å². The Hall–Kier alpha value is -1.91. The first-order valence-electron chi connectivity index (χ1n) is 9.01. The molecular weight excluding hydrogens is 296 g/mol. The minimum atomic E-state index is 0.568. The standard InChI is InChI=1S/C20H28N4/c1-2-11-23-13-15-24(16-14-23)12-10-17-6-8-18(9-7-17)19-4-3-5-20(21)22-19/h3-9H,2,10-16H2,1H3,(H2,21,22). The minimum Gasteiger partial charge on any atom is -0.384 e. The van der Waals surface area contributed by atoms with E-state index in [-0.39, 0.29) is 0 Å². The number of rotatable bonds is 6. The molecule has 2 N–H and O–H groups in total. The van der Waals surface area contributed by atoms with Crippen LogP contribution >= 0.6 is 0 Å². The molecule has 1 saturated heterocycles. The summed E-state index contributed by atoms with van der Waals surface area (Å²) in [5.41, 5.74) is 9.22. The topological polar surface area (TPSA) is 45.4 Å². The fourth-order valence-electron chi connectivity index (χ4n) is 3.29. The second-order valence-electron chi connectivity index (χ2n) is 6.58. The fraction of sp³-hybridized carbons (Fsp3) is 0.450. The highest BCUT2D eigenvalue weighted by Gasteiger charge is 2.15. The first kappa shape index (κ1) is 16.9. The summed E-state index contributed by atoms with van der Waals surface area (Å²) in [4.78, 5) is 9.54. The Morgan fingerprint density at radius 1 is 0.917 bits per heavy atom. The zero-order valence-electron chi connectivity index (χ0n) is 14.6. The largest absolute Gasteiger partial charge is 0.384 e. The van der Waals surface area contributed by atoms with E-state index in [0.717, 1.165) is 24.2 Å². The van der Waals surface area contributed by atoms with Gasteiger partial charge in [0.25, 0.3) is 0 Å². The molecule has 24 heavy (non-hydrogen) atoms. The Kier molecular flexibility index (Phi) is 5.83. The van der Waals surface area contributed by atoms with Crippen molar-refractivity contribution in [1.29, 1.82) is 0 Å². The molecule has 0 spiro atoms. The Morgan fingerprint density at radius 3 is 2.21 bits per heavy atom. The normalized spacial score (nSPS) is 16.4.